The third-order valence-corrected chi connectivity index (χ3v) is 5.00. The van der Waals surface area contributed by atoms with Crippen LogP contribution in [0.25, 0.3) is 0 Å². The number of aliphatic imine (C=N–C) groups is 1. The molecule has 0 aromatic heterocycles. The summed E-state index contributed by atoms with van der Waals surface area (Å²) in [6.45, 7) is 7.45. The van der Waals surface area contributed by atoms with Crippen LogP contribution < -0.4 is 10.6 Å². The van der Waals surface area contributed by atoms with Crippen LogP contribution in [0.15, 0.2) is 35.3 Å². The molecule has 0 bridgehead atoms. The van der Waals surface area contributed by atoms with Crippen molar-refractivity contribution in [1.29, 1.82) is 0 Å². The molecule has 1 aliphatic rings. The van der Waals surface area contributed by atoms with Crippen LogP contribution in [0.4, 0.5) is 0 Å². The first-order valence-corrected chi connectivity index (χ1v) is 9.52. The van der Waals surface area contributed by atoms with Gasteiger partial charge >= 0.3 is 0 Å². The van der Waals surface area contributed by atoms with Crippen LogP contribution in [0.3, 0.4) is 0 Å². The molecular weight excluding hydrogens is 326 g/mol. The molecule has 0 saturated carbocycles. The molecule has 6 heteroatoms. The summed E-state index contributed by atoms with van der Waals surface area (Å²) in [5.74, 6) is 1.04. The van der Waals surface area contributed by atoms with Crippen molar-refractivity contribution in [2.24, 2.45) is 4.99 Å². The first-order valence-electron chi connectivity index (χ1n) is 9.52. The van der Waals surface area contributed by atoms with E-state index in [0.29, 0.717) is 12.5 Å². The first-order chi connectivity index (χ1) is 12.5. The number of benzene rings is 1. The molecule has 1 fully saturated rings. The third kappa shape index (κ3) is 6.02. The normalized spacial score (nSPS) is 18.9. The molecule has 1 aromatic rings. The second kappa shape index (κ2) is 10.2. The van der Waals surface area contributed by atoms with Gasteiger partial charge in [0.05, 0.1) is 0 Å². The molecule has 1 aliphatic heterocycles. The summed E-state index contributed by atoms with van der Waals surface area (Å²) in [7, 11) is 3.93. The number of hydrogen-bond acceptors (Lipinski definition) is 3. The average molecular weight is 360 g/mol. The SMILES string of the molecule is CCC(=O)N1CCC(NC(=NC)NCC(C)N(C)Cc2ccccc2)C1. The number of nitrogens with zero attached hydrogens (tertiary/aromatic N) is 3. The minimum absolute atomic E-state index is 0.230. The lowest BCUT2D eigenvalue weighted by molar-refractivity contribution is -0.129. The van der Waals surface area contributed by atoms with Crippen LogP contribution in [0.1, 0.15) is 32.3 Å². The minimum Gasteiger partial charge on any atom is -0.355 e. The van der Waals surface area contributed by atoms with Crippen molar-refractivity contribution in [1.82, 2.24) is 20.4 Å². The van der Waals surface area contributed by atoms with E-state index >= 15 is 0 Å². The summed E-state index contributed by atoms with van der Waals surface area (Å²) in [6.07, 6.45) is 1.54. The number of likely N-dealkylation sites (tertiary alicyclic amines) is 1. The van der Waals surface area contributed by atoms with Crippen molar-refractivity contribution in [3.63, 3.8) is 0 Å². The fourth-order valence-electron chi connectivity index (χ4n) is 3.14. The molecule has 1 heterocycles. The molecule has 2 N–H and O–H groups in total. The van der Waals surface area contributed by atoms with Crippen LogP contribution in [0.5, 0.6) is 0 Å². The van der Waals surface area contributed by atoms with Crippen molar-refractivity contribution in [3.05, 3.63) is 35.9 Å². The number of guanidine groups is 1. The van der Waals surface area contributed by atoms with Crippen molar-refractivity contribution >= 4 is 11.9 Å². The summed E-state index contributed by atoms with van der Waals surface area (Å²) in [6, 6.07) is 11.1. The summed E-state index contributed by atoms with van der Waals surface area (Å²) < 4.78 is 0. The van der Waals surface area contributed by atoms with Gasteiger partial charge in [-0.3, -0.25) is 14.7 Å². The van der Waals surface area contributed by atoms with Gasteiger partial charge < -0.3 is 15.5 Å². The Hall–Kier alpha value is -2.08. The van der Waals surface area contributed by atoms with E-state index in [1.165, 1.54) is 5.56 Å². The number of carbonyl (C=O) groups is 1. The van der Waals surface area contributed by atoms with Gasteiger partial charge in [0.1, 0.15) is 0 Å². The topological polar surface area (TPSA) is 60.0 Å². The maximum Gasteiger partial charge on any atom is 0.222 e. The highest BCUT2D eigenvalue weighted by molar-refractivity contribution is 5.80. The summed E-state index contributed by atoms with van der Waals surface area (Å²) in [5.41, 5.74) is 1.32. The lowest BCUT2D eigenvalue weighted by atomic mass is 10.2. The van der Waals surface area contributed by atoms with E-state index < -0.39 is 0 Å². The van der Waals surface area contributed by atoms with Crippen LogP contribution in [0.2, 0.25) is 0 Å². The summed E-state index contributed by atoms with van der Waals surface area (Å²) >= 11 is 0. The van der Waals surface area contributed by atoms with Gasteiger partial charge in [0.25, 0.3) is 0 Å². The molecule has 1 saturated heterocycles. The molecule has 1 aromatic carbocycles. The Morgan fingerprint density at radius 1 is 1.38 bits per heavy atom. The van der Waals surface area contributed by atoms with Gasteiger partial charge in [0.2, 0.25) is 5.91 Å². The molecular formula is C20H33N5O. The van der Waals surface area contributed by atoms with Crippen molar-refractivity contribution in [2.45, 2.75) is 45.3 Å². The van der Waals surface area contributed by atoms with Gasteiger partial charge in [0.15, 0.2) is 5.96 Å². The fraction of sp³-hybridized carbons (Fsp3) is 0.600. The molecule has 2 unspecified atom stereocenters. The highest BCUT2D eigenvalue weighted by Crippen LogP contribution is 2.10. The minimum atomic E-state index is 0.230. The Kier molecular flexibility index (Phi) is 7.91. The zero-order valence-corrected chi connectivity index (χ0v) is 16.5. The second-order valence-electron chi connectivity index (χ2n) is 7.03. The number of carbonyl (C=O) groups excluding carboxylic acids is 1. The lowest BCUT2D eigenvalue weighted by Gasteiger charge is -2.26. The summed E-state index contributed by atoms with van der Waals surface area (Å²) in [5, 5.41) is 6.86. The van der Waals surface area contributed by atoms with Gasteiger partial charge in [-0.2, -0.15) is 0 Å². The van der Waals surface area contributed by atoms with E-state index in [-0.39, 0.29) is 11.9 Å². The second-order valence-corrected chi connectivity index (χ2v) is 7.03. The molecule has 1 amide bonds. The van der Waals surface area contributed by atoms with Gasteiger partial charge in [0, 0.05) is 51.7 Å². The van der Waals surface area contributed by atoms with E-state index in [2.05, 4.69) is 58.8 Å². The van der Waals surface area contributed by atoms with Crippen molar-refractivity contribution < 1.29 is 4.79 Å². The molecule has 2 atom stereocenters. The molecule has 26 heavy (non-hydrogen) atoms. The summed E-state index contributed by atoms with van der Waals surface area (Å²) in [4.78, 5) is 20.4. The third-order valence-electron chi connectivity index (χ3n) is 5.00. The predicted molar refractivity (Wildman–Crippen MR) is 107 cm³/mol. The lowest BCUT2D eigenvalue weighted by Crippen LogP contribution is -2.48. The number of likely N-dealkylation sites (N-methyl/N-ethyl adjacent to an activating group) is 1. The molecule has 2 rings (SSSR count). The zero-order chi connectivity index (χ0) is 18.9. The van der Waals surface area contributed by atoms with Gasteiger partial charge in [-0.25, -0.2) is 0 Å². The molecule has 6 nitrogen and oxygen atoms in total. The molecule has 0 aliphatic carbocycles. The highest BCUT2D eigenvalue weighted by atomic mass is 16.2. The number of rotatable bonds is 7. The quantitative estimate of drug-likeness (QED) is 0.574. The first kappa shape index (κ1) is 20.2. The van der Waals surface area contributed by atoms with Gasteiger partial charge in [-0.05, 0) is 26.0 Å². The molecule has 144 valence electrons. The van der Waals surface area contributed by atoms with Crippen LogP contribution in [0, 0.1) is 0 Å². The average Bonchev–Trinajstić information content (AvgIpc) is 3.13. The van der Waals surface area contributed by atoms with Crippen molar-refractivity contribution in [2.75, 3.05) is 33.7 Å². The van der Waals surface area contributed by atoms with Gasteiger partial charge in [-0.1, -0.05) is 37.3 Å². The maximum atomic E-state index is 11.8. The number of amides is 1. The van der Waals surface area contributed by atoms with Crippen LogP contribution in [-0.2, 0) is 11.3 Å². The Labute approximate surface area is 157 Å². The van der Waals surface area contributed by atoms with E-state index in [1.54, 1.807) is 7.05 Å². The Balaban J connectivity index is 1.75. The Morgan fingerprint density at radius 2 is 2.12 bits per heavy atom. The smallest absolute Gasteiger partial charge is 0.222 e. The maximum absolute atomic E-state index is 11.8. The largest absolute Gasteiger partial charge is 0.355 e. The van der Waals surface area contributed by atoms with E-state index in [1.807, 2.05) is 17.9 Å². The standard InChI is InChI=1S/C20H33N5O/c1-5-19(26)25-12-11-18(15-25)23-20(21-3)22-13-16(2)24(4)14-17-9-7-6-8-10-17/h6-10,16,18H,5,11-15H2,1-4H3,(H2,21,22,23). The molecule has 0 radical (unpaired) electrons. The Bertz CT molecular complexity index is 589. The van der Waals surface area contributed by atoms with Gasteiger partial charge in [-0.15, -0.1) is 0 Å². The number of hydrogen-bond donors (Lipinski definition) is 2. The van der Waals surface area contributed by atoms with Crippen LogP contribution >= 0.6 is 0 Å². The number of nitrogens with one attached hydrogen (secondary N) is 2. The monoisotopic (exact) mass is 359 g/mol. The fourth-order valence-corrected chi connectivity index (χ4v) is 3.14. The Morgan fingerprint density at radius 3 is 2.77 bits per heavy atom. The van der Waals surface area contributed by atoms with Crippen molar-refractivity contribution in [3.8, 4) is 0 Å². The zero-order valence-electron chi connectivity index (χ0n) is 16.5. The van der Waals surface area contributed by atoms with E-state index in [9.17, 15) is 4.79 Å². The van der Waals surface area contributed by atoms with E-state index in [0.717, 1.165) is 38.6 Å². The van der Waals surface area contributed by atoms with Crippen LogP contribution in [-0.4, -0.2) is 67.5 Å². The molecule has 0 spiro atoms. The van der Waals surface area contributed by atoms with E-state index in [4.69, 9.17) is 0 Å². The predicted octanol–water partition coefficient (Wildman–Crippen LogP) is 1.68. The highest BCUT2D eigenvalue weighted by Gasteiger charge is 2.25.